The Kier molecular flexibility index (Phi) is 6.31. The van der Waals surface area contributed by atoms with Gasteiger partial charge >= 0.3 is 0 Å². The molecule has 7 nitrogen and oxygen atoms in total. The van der Waals surface area contributed by atoms with E-state index < -0.39 is 0 Å². The highest BCUT2D eigenvalue weighted by Crippen LogP contribution is 2.28. The van der Waals surface area contributed by atoms with E-state index in [4.69, 9.17) is 4.98 Å². The molecule has 1 aromatic carbocycles. The van der Waals surface area contributed by atoms with Crippen molar-refractivity contribution in [1.29, 1.82) is 0 Å². The first-order chi connectivity index (χ1) is 16.1. The van der Waals surface area contributed by atoms with Crippen molar-refractivity contribution in [3.63, 3.8) is 0 Å². The normalized spacial score (nSPS) is 17.4. The molecule has 1 amide bonds. The Morgan fingerprint density at radius 3 is 2.70 bits per heavy atom. The Labute approximate surface area is 194 Å². The summed E-state index contributed by atoms with van der Waals surface area (Å²) in [7, 11) is 0. The van der Waals surface area contributed by atoms with Crippen LogP contribution in [-0.4, -0.2) is 56.5 Å². The Morgan fingerprint density at radius 2 is 1.94 bits per heavy atom. The van der Waals surface area contributed by atoms with E-state index in [1.54, 1.807) is 9.42 Å². The lowest BCUT2D eigenvalue weighted by atomic mass is 9.93. The molecule has 0 bridgehead atoms. The quantitative estimate of drug-likeness (QED) is 0.630. The second-order valence-electron chi connectivity index (χ2n) is 9.41. The van der Waals surface area contributed by atoms with Crippen LogP contribution in [0.4, 0.5) is 0 Å². The smallest absolute Gasteiger partial charge is 0.277 e. The summed E-state index contributed by atoms with van der Waals surface area (Å²) in [4.78, 5) is 34.7. The molecular formula is C26H33N5O2. The minimum Gasteiger partial charge on any atom is -0.338 e. The lowest BCUT2D eigenvalue weighted by molar-refractivity contribution is -0.132. The van der Waals surface area contributed by atoms with E-state index in [1.165, 1.54) is 5.56 Å². The number of carbonyl (C=O) groups excluding carboxylic acids is 1. The number of amides is 1. The monoisotopic (exact) mass is 447 g/mol. The molecule has 0 unspecified atom stereocenters. The third-order valence-electron chi connectivity index (χ3n) is 7.18. The molecule has 0 aliphatic carbocycles. The van der Waals surface area contributed by atoms with Crippen LogP contribution in [0.3, 0.4) is 0 Å². The maximum atomic E-state index is 13.2. The van der Waals surface area contributed by atoms with Crippen molar-refractivity contribution < 1.29 is 4.79 Å². The molecule has 1 N–H and O–H groups in total. The fourth-order valence-corrected chi connectivity index (χ4v) is 5.19. The molecule has 1 fully saturated rings. The van der Waals surface area contributed by atoms with Crippen LogP contribution >= 0.6 is 0 Å². The van der Waals surface area contributed by atoms with Gasteiger partial charge in [-0.15, -0.1) is 0 Å². The fourth-order valence-electron chi connectivity index (χ4n) is 5.19. The summed E-state index contributed by atoms with van der Waals surface area (Å²) in [6, 6.07) is 12.7. The number of hydrogen-bond donors (Lipinski definition) is 1. The van der Waals surface area contributed by atoms with E-state index in [2.05, 4.69) is 46.4 Å². The Balaban J connectivity index is 1.26. The molecule has 3 aromatic rings. The van der Waals surface area contributed by atoms with Crippen LogP contribution in [0, 0.1) is 0 Å². The molecular weight excluding hydrogens is 414 g/mol. The number of nitrogens with one attached hydrogen (secondary N) is 1. The van der Waals surface area contributed by atoms with Crippen molar-refractivity contribution in [1.82, 2.24) is 24.4 Å². The lowest BCUT2D eigenvalue weighted by Gasteiger charge is -2.31. The highest BCUT2D eigenvalue weighted by molar-refractivity contribution is 5.76. The van der Waals surface area contributed by atoms with Crippen molar-refractivity contribution in [2.75, 3.05) is 26.2 Å². The van der Waals surface area contributed by atoms with Crippen LogP contribution in [0.1, 0.15) is 61.0 Å². The highest BCUT2D eigenvalue weighted by Gasteiger charge is 2.27. The van der Waals surface area contributed by atoms with Crippen molar-refractivity contribution in [2.24, 2.45) is 0 Å². The van der Waals surface area contributed by atoms with Gasteiger partial charge in [-0.1, -0.05) is 37.3 Å². The Hall–Kier alpha value is -2.93. The number of fused-ring (bicyclic) bond motifs is 2. The third kappa shape index (κ3) is 4.60. The SMILES string of the molecule is CCCC(=O)N1CCc2nc3cc(C4CCN(CCc5ccccc5)CC4)[nH]n3c(=O)c2C1. The average Bonchev–Trinajstić information content (AvgIpc) is 3.28. The van der Waals surface area contributed by atoms with Crippen LogP contribution < -0.4 is 5.56 Å². The summed E-state index contributed by atoms with van der Waals surface area (Å²) in [5, 5.41) is 3.35. The van der Waals surface area contributed by atoms with Crippen LogP contribution in [0.2, 0.25) is 0 Å². The predicted octanol–water partition coefficient (Wildman–Crippen LogP) is 3.13. The summed E-state index contributed by atoms with van der Waals surface area (Å²) in [6.45, 7) is 6.25. The largest absolute Gasteiger partial charge is 0.338 e. The van der Waals surface area contributed by atoms with Crippen molar-refractivity contribution in [2.45, 2.75) is 57.9 Å². The number of H-pyrrole nitrogens is 1. The fraction of sp³-hybridized carbons (Fsp3) is 0.500. The molecule has 0 saturated carbocycles. The van der Waals surface area contributed by atoms with Crippen molar-refractivity contribution in [3.8, 4) is 0 Å². The first-order valence-electron chi connectivity index (χ1n) is 12.3. The number of nitrogens with zero attached hydrogens (tertiary/aromatic N) is 4. The van der Waals surface area contributed by atoms with Crippen molar-refractivity contribution >= 4 is 11.6 Å². The maximum Gasteiger partial charge on any atom is 0.277 e. The summed E-state index contributed by atoms with van der Waals surface area (Å²) in [6.07, 6.45) is 5.24. The molecule has 5 rings (SSSR count). The molecule has 174 valence electrons. The molecule has 2 aromatic heterocycles. The number of piperidine rings is 1. The number of aromatic nitrogens is 3. The van der Waals surface area contributed by atoms with Gasteiger partial charge in [0.05, 0.1) is 17.8 Å². The zero-order valence-electron chi connectivity index (χ0n) is 19.4. The van der Waals surface area contributed by atoms with Gasteiger partial charge in [-0.25, -0.2) is 9.50 Å². The number of aromatic amines is 1. The van der Waals surface area contributed by atoms with E-state index in [0.717, 1.165) is 56.7 Å². The molecule has 1 saturated heterocycles. The van der Waals surface area contributed by atoms with Crippen LogP contribution in [-0.2, 0) is 24.2 Å². The Bertz CT molecular complexity index is 1170. The van der Waals surface area contributed by atoms with E-state index in [-0.39, 0.29) is 11.5 Å². The molecule has 4 heterocycles. The summed E-state index contributed by atoms with van der Waals surface area (Å²) >= 11 is 0. The Morgan fingerprint density at radius 1 is 1.15 bits per heavy atom. The van der Waals surface area contributed by atoms with Gasteiger partial charge in [0.15, 0.2) is 5.65 Å². The summed E-state index contributed by atoms with van der Waals surface area (Å²) in [5.74, 6) is 0.539. The molecule has 33 heavy (non-hydrogen) atoms. The first-order valence-corrected chi connectivity index (χ1v) is 12.3. The lowest BCUT2D eigenvalue weighted by Crippen LogP contribution is -2.40. The zero-order chi connectivity index (χ0) is 22.8. The van der Waals surface area contributed by atoms with E-state index in [9.17, 15) is 9.59 Å². The molecule has 0 radical (unpaired) electrons. The van der Waals surface area contributed by atoms with Gasteiger partial charge in [-0.3, -0.25) is 14.7 Å². The minimum absolute atomic E-state index is 0.0597. The minimum atomic E-state index is -0.0597. The standard InChI is InChI=1S/C26H33N5O2/c1-2-6-25(32)30-16-12-22-21(18-30)26(33)31-24(27-22)17-23(28-31)20-10-14-29(15-11-20)13-9-19-7-4-3-5-8-19/h3-5,7-8,17,20,28H,2,6,9-16,18H2,1H3. The molecule has 2 aliphatic rings. The van der Waals surface area contributed by atoms with Crippen LogP contribution in [0.25, 0.3) is 5.65 Å². The topological polar surface area (TPSA) is 73.7 Å². The zero-order valence-corrected chi connectivity index (χ0v) is 19.4. The van der Waals surface area contributed by atoms with Gasteiger partial charge in [-0.2, -0.15) is 0 Å². The number of carbonyl (C=O) groups is 1. The predicted molar refractivity (Wildman–Crippen MR) is 128 cm³/mol. The summed E-state index contributed by atoms with van der Waals surface area (Å²) < 4.78 is 1.59. The van der Waals surface area contributed by atoms with Crippen molar-refractivity contribution in [3.05, 3.63) is 69.3 Å². The van der Waals surface area contributed by atoms with E-state index >= 15 is 0 Å². The van der Waals surface area contributed by atoms with Crippen LogP contribution in [0.5, 0.6) is 0 Å². The van der Waals surface area contributed by atoms with Gasteiger partial charge in [0, 0.05) is 43.6 Å². The highest BCUT2D eigenvalue weighted by atomic mass is 16.2. The van der Waals surface area contributed by atoms with E-state index in [0.29, 0.717) is 43.1 Å². The van der Waals surface area contributed by atoms with E-state index in [1.807, 2.05) is 6.92 Å². The molecule has 2 aliphatic heterocycles. The number of likely N-dealkylation sites (tertiary alicyclic amines) is 1. The first kappa shape index (κ1) is 21.9. The van der Waals surface area contributed by atoms with Crippen LogP contribution in [0.15, 0.2) is 41.2 Å². The number of benzene rings is 1. The summed E-state index contributed by atoms with van der Waals surface area (Å²) in [5.41, 5.74) is 4.64. The number of hydrogen-bond acceptors (Lipinski definition) is 4. The molecule has 0 spiro atoms. The van der Waals surface area contributed by atoms with Gasteiger partial charge in [0.25, 0.3) is 5.56 Å². The second kappa shape index (κ2) is 9.51. The molecule has 7 heteroatoms. The second-order valence-corrected chi connectivity index (χ2v) is 9.41. The third-order valence-corrected chi connectivity index (χ3v) is 7.18. The molecule has 0 atom stereocenters. The number of rotatable bonds is 6. The maximum absolute atomic E-state index is 13.2. The average molecular weight is 448 g/mol. The van der Waals surface area contributed by atoms with Gasteiger partial charge < -0.3 is 9.80 Å². The van der Waals surface area contributed by atoms with Gasteiger partial charge in [0.1, 0.15) is 0 Å². The van der Waals surface area contributed by atoms with Gasteiger partial charge in [0.2, 0.25) is 5.91 Å². The van der Waals surface area contributed by atoms with Gasteiger partial charge in [-0.05, 0) is 44.3 Å².